The minimum absolute atomic E-state index is 0.150. The highest BCUT2D eigenvalue weighted by Gasteiger charge is 2.09. The van der Waals surface area contributed by atoms with Gasteiger partial charge in [-0.05, 0) is 19.1 Å². The van der Waals surface area contributed by atoms with Gasteiger partial charge < -0.3 is 15.5 Å². The number of fused-ring (bicyclic) bond motifs is 2. The van der Waals surface area contributed by atoms with E-state index >= 15 is 0 Å². The molecular weight excluding hydrogens is 342 g/mol. The zero-order valence-electron chi connectivity index (χ0n) is 13.3. The van der Waals surface area contributed by atoms with Crippen molar-refractivity contribution in [3.05, 3.63) is 40.3 Å². The second kappa shape index (κ2) is 6.13. The van der Waals surface area contributed by atoms with E-state index in [1.54, 1.807) is 0 Å². The summed E-state index contributed by atoms with van der Waals surface area (Å²) in [7, 11) is 0. The molecule has 1 aromatic carbocycles. The number of benzene rings is 1. The quantitative estimate of drug-likeness (QED) is 0.463. The topological polar surface area (TPSA) is 127 Å². The molecule has 4 N–H and O–H groups in total. The summed E-state index contributed by atoms with van der Waals surface area (Å²) in [5.41, 5.74) is 7.66. The van der Waals surface area contributed by atoms with Crippen molar-refractivity contribution in [2.75, 3.05) is 12.3 Å². The van der Waals surface area contributed by atoms with Crippen molar-refractivity contribution >= 4 is 34.5 Å². The highest BCUT2D eigenvalue weighted by molar-refractivity contribution is 7.98. The Morgan fingerprint density at radius 2 is 2.16 bits per heavy atom. The first-order valence-electron chi connectivity index (χ1n) is 7.62. The molecule has 9 nitrogen and oxygen atoms in total. The highest BCUT2D eigenvalue weighted by Crippen LogP contribution is 2.25. The molecule has 0 spiro atoms. The number of nitrogens with one attached hydrogen (secondary N) is 2. The lowest BCUT2D eigenvalue weighted by Gasteiger charge is -2.00. The van der Waals surface area contributed by atoms with Crippen molar-refractivity contribution in [1.82, 2.24) is 29.5 Å². The number of hydrogen-bond acceptors (Lipinski definition) is 7. The summed E-state index contributed by atoms with van der Waals surface area (Å²) in [6, 6.07) is 7.16. The molecule has 0 aliphatic carbocycles. The fraction of sp³-hybridized carbons (Fsp3) is 0.200. The van der Waals surface area contributed by atoms with Crippen molar-refractivity contribution in [2.45, 2.75) is 17.8 Å². The molecule has 0 saturated carbocycles. The van der Waals surface area contributed by atoms with Crippen LogP contribution < -0.4 is 16.0 Å². The van der Waals surface area contributed by atoms with E-state index in [2.05, 4.69) is 25.0 Å². The maximum atomic E-state index is 12.0. The average Bonchev–Trinajstić information content (AvgIpc) is 3.15. The average molecular weight is 357 g/mol. The molecule has 128 valence electrons. The Hall–Kier alpha value is -3.01. The Balaban J connectivity index is 1.56. The second-order valence-electron chi connectivity index (χ2n) is 5.27. The number of ether oxygens (including phenoxy) is 1. The third kappa shape index (κ3) is 3.03. The minimum Gasteiger partial charge on any atom is -0.494 e. The first-order valence-corrected chi connectivity index (χ1v) is 8.60. The smallest absolute Gasteiger partial charge is 0.274 e. The van der Waals surface area contributed by atoms with Crippen LogP contribution in [0.4, 0.5) is 5.95 Å². The van der Waals surface area contributed by atoms with Crippen LogP contribution in [0.3, 0.4) is 0 Å². The largest absolute Gasteiger partial charge is 0.494 e. The first kappa shape index (κ1) is 15.5. The summed E-state index contributed by atoms with van der Waals surface area (Å²) < 4.78 is 6.70. The number of imidazole rings is 1. The Morgan fingerprint density at radius 1 is 1.28 bits per heavy atom. The van der Waals surface area contributed by atoms with Gasteiger partial charge in [0.2, 0.25) is 5.95 Å². The maximum absolute atomic E-state index is 12.0. The van der Waals surface area contributed by atoms with Crippen LogP contribution in [0.5, 0.6) is 5.75 Å². The van der Waals surface area contributed by atoms with Gasteiger partial charge in [0.15, 0.2) is 5.16 Å². The third-order valence-electron chi connectivity index (χ3n) is 3.50. The van der Waals surface area contributed by atoms with Crippen LogP contribution in [0.15, 0.2) is 34.2 Å². The van der Waals surface area contributed by atoms with Crippen molar-refractivity contribution in [2.24, 2.45) is 0 Å². The predicted molar refractivity (Wildman–Crippen MR) is 94.8 cm³/mol. The van der Waals surface area contributed by atoms with Gasteiger partial charge >= 0.3 is 0 Å². The van der Waals surface area contributed by atoms with E-state index in [9.17, 15) is 4.79 Å². The van der Waals surface area contributed by atoms with Crippen LogP contribution in [0, 0.1) is 0 Å². The van der Waals surface area contributed by atoms with E-state index in [1.165, 1.54) is 22.3 Å². The Morgan fingerprint density at radius 3 is 3.00 bits per heavy atom. The Bertz CT molecular complexity index is 1110. The molecule has 0 atom stereocenters. The van der Waals surface area contributed by atoms with E-state index < -0.39 is 0 Å². The monoisotopic (exact) mass is 357 g/mol. The summed E-state index contributed by atoms with van der Waals surface area (Å²) in [6.45, 7) is 2.56. The van der Waals surface area contributed by atoms with Crippen LogP contribution >= 0.6 is 11.8 Å². The van der Waals surface area contributed by atoms with Crippen LogP contribution in [0.25, 0.3) is 16.8 Å². The van der Waals surface area contributed by atoms with Gasteiger partial charge in [0.05, 0.1) is 23.3 Å². The molecule has 0 bridgehead atoms. The SMILES string of the molecule is CCOc1ccc2nc(SCc3cc(=O)n4[nH]c(N)nc4n3)[nH]c2c1. The maximum Gasteiger partial charge on any atom is 0.274 e. The van der Waals surface area contributed by atoms with Crippen LogP contribution in [0.1, 0.15) is 12.6 Å². The standard InChI is InChI=1S/C15H15N7O2S/c1-2-24-9-3-4-10-11(6-9)19-15(18-10)25-7-8-5-12(23)22-14(17-8)20-13(16)21-22/h3-6H,2,7H2,1H3,(H,18,19)(H3,16,17,20,21). The lowest BCUT2D eigenvalue weighted by atomic mass is 10.3. The fourth-order valence-electron chi connectivity index (χ4n) is 2.45. The lowest BCUT2D eigenvalue weighted by Crippen LogP contribution is -2.15. The molecule has 0 saturated heterocycles. The first-order chi connectivity index (χ1) is 12.1. The molecule has 0 unspecified atom stereocenters. The summed E-state index contributed by atoms with van der Waals surface area (Å²) in [6.07, 6.45) is 0. The third-order valence-corrected chi connectivity index (χ3v) is 4.41. The van der Waals surface area contributed by atoms with E-state index in [4.69, 9.17) is 10.5 Å². The van der Waals surface area contributed by atoms with Gasteiger partial charge in [-0.1, -0.05) is 11.8 Å². The molecule has 4 aromatic rings. The fourth-order valence-corrected chi connectivity index (χ4v) is 3.23. The number of H-pyrrole nitrogens is 2. The zero-order chi connectivity index (χ0) is 17.4. The molecule has 0 aliphatic rings. The zero-order valence-corrected chi connectivity index (χ0v) is 14.1. The Labute approximate surface area is 145 Å². The number of aromatic nitrogens is 6. The number of anilines is 1. The summed E-state index contributed by atoms with van der Waals surface area (Å²) in [5.74, 6) is 1.69. The molecule has 10 heteroatoms. The van der Waals surface area contributed by atoms with E-state index in [0.29, 0.717) is 18.1 Å². The molecule has 0 fully saturated rings. The highest BCUT2D eigenvalue weighted by atomic mass is 32.2. The molecule has 0 aliphatic heterocycles. The Kier molecular flexibility index (Phi) is 3.80. The van der Waals surface area contributed by atoms with Gasteiger partial charge in [-0.3, -0.25) is 9.89 Å². The molecule has 25 heavy (non-hydrogen) atoms. The summed E-state index contributed by atoms with van der Waals surface area (Å²) in [4.78, 5) is 28.1. The van der Waals surface area contributed by atoms with Gasteiger partial charge in [0.1, 0.15) is 5.75 Å². The van der Waals surface area contributed by atoms with Gasteiger partial charge in [-0.15, -0.1) is 0 Å². The van der Waals surface area contributed by atoms with E-state index in [1.807, 2.05) is 25.1 Å². The number of aromatic amines is 2. The van der Waals surface area contributed by atoms with Crippen LogP contribution in [-0.2, 0) is 5.75 Å². The number of rotatable bonds is 5. The molecular formula is C15H15N7O2S. The predicted octanol–water partition coefficient (Wildman–Crippen LogP) is 1.57. The van der Waals surface area contributed by atoms with Crippen molar-refractivity contribution in [3.63, 3.8) is 0 Å². The number of hydrogen-bond donors (Lipinski definition) is 3. The summed E-state index contributed by atoms with van der Waals surface area (Å²) >= 11 is 1.46. The number of nitrogen functional groups attached to an aromatic ring is 1. The van der Waals surface area contributed by atoms with Gasteiger partial charge in [-0.2, -0.15) is 9.50 Å². The molecule has 0 amide bonds. The normalized spacial score (nSPS) is 11.4. The van der Waals surface area contributed by atoms with Crippen molar-refractivity contribution < 1.29 is 4.74 Å². The number of nitrogens with two attached hydrogens (primary N) is 1. The molecule has 4 rings (SSSR count). The second-order valence-corrected chi connectivity index (χ2v) is 6.24. The van der Waals surface area contributed by atoms with E-state index in [-0.39, 0.29) is 17.3 Å². The minimum atomic E-state index is -0.254. The van der Waals surface area contributed by atoms with Crippen molar-refractivity contribution in [1.29, 1.82) is 0 Å². The number of nitrogens with zero attached hydrogens (tertiary/aromatic N) is 4. The van der Waals surface area contributed by atoms with Crippen LogP contribution in [-0.4, -0.2) is 36.2 Å². The molecule has 3 aromatic heterocycles. The molecule has 3 heterocycles. The van der Waals surface area contributed by atoms with Gasteiger partial charge in [0, 0.05) is 17.9 Å². The number of thioether (sulfide) groups is 1. The van der Waals surface area contributed by atoms with Gasteiger partial charge in [0.25, 0.3) is 11.3 Å². The lowest BCUT2D eigenvalue weighted by molar-refractivity contribution is 0.340. The van der Waals surface area contributed by atoms with Gasteiger partial charge in [-0.25, -0.2) is 9.97 Å². The molecule has 0 radical (unpaired) electrons. The summed E-state index contributed by atoms with van der Waals surface area (Å²) in [5, 5.41) is 3.37. The van der Waals surface area contributed by atoms with Crippen LogP contribution in [0.2, 0.25) is 0 Å². The van der Waals surface area contributed by atoms with E-state index in [0.717, 1.165) is 21.9 Å². The van der Waals surface area contributed by atoms with Crippen molar-refractivity contribution in [3.8, 4) is 5.75 Å².